The monoisotopic (exact) mass is 357 g/mol. The second-order valence-electron chi connectivity index (χ2n) is 6.89. The smallest absolute Gasteiger partial charge is 0.238 e. The number of benzene rings is 1. The molecule has 0 radical (unpaired) electrons. The van der Waals surface area contributed by atoms with E-state index in [2.05, 4.69) is 20.8 Å². The fourth-order valence-corrected chi connectivity index (χ4v) is 4.38. The number of aromatic nitrogens is 4. The molecule has 1 aromatic heterocycles. The number of tetrazole rings is 1. The molecule has 0 saturated heterocycles. The lowest BCUT2D eigenvalue weighted by Gasteiger charge is -2.23. The van der Waals surface area contributed by atoms with Gasteiger partial charge in [0.1, 0.15) is 5.25 Å². The third-order valence-electron chi connectivity index (χ3n) is 4.87. The van der Waals surface area contributed by atoms with E-state index in [-0.39, 0.29) is 11.2 Å². The fourth-order valence-electron chi connectivity index (χ4n) is 3.33. The summed E-state index contributed by atoms with van der Waals surface area (Å²) in [6.07, 6.45) is 8.12. The Hall–Kier alpha value is -1.89. The zero-order chi connectivity index (χ0) is 17.1. The summed E-state index contributed by atoms with van der Waals surface area (Å²) in [5.74, 6) is 0.0527. The Kier molecular flexibility index (Phi) is 5.01. The Labute approximate surface area is 151 Å². The van der Waals surface area contributed by atoms with Gasteiger partial charge in [-0.2, -0.15) is 0 Å². The predicted molar refractivity (Wildman–Crippen MR) is 96.1 cm³/mol. The standard InChI is InChI=1S/C18H23N5OS/c24-17(19-14-11-12-14)16(13-7-3-1-4-8-13)25-18-20-21-22-23(18)15-9-5-2-6-10-15/h1,3-4,7-8,14-16H,2,5-6,9-12H2,(H,19,24). The Morgan fingerprint density at radius 2 is 1.88 bits per heavy atom. The Balaban J connectivity index is 1.56. The Bertz CT molecular complexity index is 709. The fraction of sp³-hybridized carbons (Fsp3) is 0.556. The number of carbonyl (C=O) groups is 1. The molecule has 0 aliphatic heterocycles. The van der Waals surface area contributed by atoms with Gasteiger partial charge in [-0.3, -0.25) is 4.79 Å². The highest BCUT2D eigenvalue weighted by atomic mass is 32.2. The number of rotatable bonds is 6. The van der Waals surface area contributed by atoms with Gasteiger partial charge in [-0.05, 0) is 41.7 Å². The van der Waals surface area contributed by atoms with E-state index in [0.29, 0.717) is 12.1 Å². The van der Waals surface area contributed by atoms with E-state index in [1.807, 2.05) is 35.0 Å². The molecule has 0 bridgehead atoms. The molecule has 1 atom stereocenters. The minimum absolute atomic E-state index is 0.0527. The van der Waals surface area contributed by atoms with Gasteiger partial charge in [0.2, 0.25) is 11.1 Å². The van der Waals surface area contributed by atoms with Crippen LogP contribution >= 0.6 is 11.8 Å². The van der Waals surface area contributed by atoms with E-state index < -0.39 is 0 Å². The first-order valence-corrected chi connectivity index (χ1v) is 9.99. The number of hydrogen-bond acceptors (Lipinski definition) is 5. The van der Waals surface area contributed by atoms with Crippen molar-refractivity contribution in [3.05, 3.63) is 35.9 Å². The van der Waals surface area contributed by atoms with E-state index in [1.165, 1.54) is 31.0 Å². The van der Waals surface area contributed by atoms with Crippen LogP contribution in [0, 0.1) is 0 Å². The molecule has 2 fully saturated rings. The topological polar surface area (TPSA) is 72.7 Å². The normalized spacial score (nSPS) is 19.5. The van der Waals surface area contributed by atoms with Crippen LogP contribution in [-0.2, 0) is 4.79 Å². The van der Waals surface area contributed by atoms with E-state index in [1.54, 1.807) is 0 Å². The number of nitrogens with one attached hydrogen (secondary N) is 1. The van der Waals surface area contributed by atoms with Crippen LogP contribution in [0.25, 0.3) is 0 Å². The minimum atomic E-state index is -0.324. The van der Waals surface area contributed by atoms with E-state index >= 15 is 0 Å². The molecular weight excluding hydrogens is 334 g/mol. The molecule has 1 aromatic carbocycles. The second kappa shape index (κ2) is 7.56. The van der Waals surface area contributed by atoms with Crippen LogP contribution in [0.3, 0.4) is 0 Å². The number of carbonyl (C=O) groups excluding carboxylic acids is 1. The molecule has 1 amide bonds. The van der Waals surface area contributed by atoms with Crippen LogP contribution < -0.4 is 5.32 Å². The third-order valence-corrected chi connectivity index (χ3v) is 6.07. The molecular formula is C18H23N5OS. The summed E-state index contributed by atoms with van der Waals surface area (Å²) in [6.45, 7) is 0. The molecule has 1 heterocycles. The van der Waals surface area contributed by atoms with Crippen LogP contribution in [0.15, 0.2) is 35.5 Å². The Morgan fingerprint density at radius 1 is 1.12 bits per heavy atom. The van der Waals surface area contributed by atoms with Gasteiger partial charge in [0.05, 0.1) is 6.04 Å². The van der Waals surface area contributed by atoms with Crippen LogP contribution in [0.5, 0.6) is 0 Å². The van der Waals surface area contributed by atoms with Gasteiger partial charge in [0.25, 0.3) is 0 Å². The maximum Gasteiger partial charge on any atom is 0.238 e. The van der Waals surface area contributed by atoms with E-state index in [0.717, 1.165) is 36.4 Å². The largest absolute Gasteiger partial charge is 0.352 e. The van der Waals surface area contributed by atoms with Gasteiger partial charge < -0.3 is 5.32 Å². The lowest BCUT2D eigenvalue weighted by atomic mass is 9.96. The highest BCUT2D eigenvalue weighted by Crippen LogP contribution is 2.37. The van der Waals surface area contributed by atoms with Crippen molar-refractivity contribution < 1.29 is 4.79 Å². The molecule has 132 valence electrons. The molecule has 25 heavy (non-hydrogen) atoms. The molecule has 1 N–H and O–H groups in total. The first-order chi connectivity index (χ1) is 12.3. The molecule has 2 aliphatic carbocycles. The van der Waals surface area contributed by atoms with Crippen LogP contribution in [0.4, 0.5) is 0 Å². The SMILES string of the molecule is O=C(NC1CC1)C(Sc1nnnn1C1CCCCC1)c1ccccc1. The summed E-state index contributed by atoms with van der Waals surface area (Å²) in [5, 5.41) is 15.9. The first kappa shape index (κ1) is 16.6. The van der Waals surface area contributed by atoms with Crippen molar-refractivity contribution in [2.24, 2.45) is 0 Å². The number of amides is 1. The highest BCUT2D eigenvalue weighted by molar-refractivity contribution is 8.00. The van der Waals surface area contributed by atoms with Crippen molar-refractivity contribution in [3.8, 4) is 0 Å². The lowest BCUT2D eigenvalue weighted by molar-refractivity contribution is -0.120. The lowest BCUT2D eigenvalue weighted by Crippen LogP contribution is -2.30. The third kappa shape index (κ3) is 4.03. The number of thioether (sulfide) groups is 1. The summed E-state index contributed by atoms with van der Waals surface area (Å²) in [4.78, 5) is 12.8. The van der Waals surface area contributed by atoms with Gasteiger partial charge in [-0.25, -0.2) is 4.68 Å². The molecule has 0 spiro atoms. The van der Waals surface area contributed by atoms with Crippen LogP contribution in [-0.4, -0.2) is 32.2 Å². The second-order valence-corrected chi connectivity index (χ2v) is 7.96. The van der Waals surface area contributed by atoms with Crippen LogP contribution in [0.1, 0.15) is 61.8 Å². The Morgan fingerprint density at radius 3 is 2.60 bits per heavy atom. The molecule has 4 rings (SSSR count). The summed E-state index contributed by atoms with van der Waals surface area (Å²) < 4.78 is 1.93. The minimum Gasteiger partial charge on any atom is -0.352 e. The van der Waals surface area contributed by atoms with Crippen molar-refractivity contribution in [2.75, 3.05) is 0 Å². The van der Waals surface area contributed by atoms with Crippen molar-refractivity contribution in [2.45, 2.75) is 67.4 Å². The first-order valence-electron chi connectivity index (χ1n) is 9.11. The molecule has 1 unspecified atom stereocenters. The van der Waals surface area contributed by atoms with Gasteiger partial charge in [-0.1, -0.05) is 61.4 Å². The van der Waals surface area contributed by atoms with E-state index in [9.17, 15) is 4.79 Å². The van der Waals surface area contributed by atoms with E-state index in [4.69, 9.17) is 0 Å². The van der Waals surface area contributed by atoms with Gasteiger partial charge in [0.15, 0.2) is 0 Å². The predicted octanol–water partition coefficient (Wildman–Crippen LogP) is 3.29. The van der Waals surface area contributed by atoms with Crippen molar-refractivity contribution >= 4 is 17.7 Å². The molecule has 2 saturated carbocycles. The highest BCUT2D eigenvalue weighted by Gasteiger charge is 2.31. The summed E-state index contributed by atoms with van der Waals surface area (Å²) in [6, 6.07) is 10.6. The zero-order valence-corrected chi connectivity index (χ0v) is 15.0. The van der Waals surface area contributed by atoms with Crippen LogP contribution in [0.2, 0.25) is 0 Å². The van der Waals surface area contributed by atoms with Crippen molar-refractivity contribution in [1.29, 1.82) is 0 Å². The molecule has 2 aliphatic rings. The van der Waals surface area contributed by atoms with Gasteiger partial charge in [-0.15, -0.1) is 5.10 Å². The average molecular weight is 357 g/mol. The van der Waals surface area contributed by atoms with Gasteiger partial charge >= 0.3 is 0 Å². The summed E-state index contributed by atoms with van der Waals surface area (Å²) in [7, 11) is 0. The molecule has 2 aromatic rings. The van der Waals surface area contributed by atoms with Gasteiger partial charge in [0, 0.05) is 6.04 Å². The summed E-state index contributed by atoms with van der Waals surface area (Å²) >= 11 is 1.46. The number of hydrogen-bond donors (Lipinski definition) is 1. The molecule has 7 heteroatoms. The maximum atomic E-state index is 12.8. The van der Waals surface area contributed by atoms with Crippen molar-refractivity contribution in [1.82, 2.24) is 25.5 Å². The quantitative estimate of drug-likeness (QED) is 0.803. The summed E-state index contributed by atoms with van der Waals surface area (Å²) in [5.41, 5.74) is 0.990. The number of nitrogens with zero attached hydrogens (tertiary/aromatic N) is 4. The zero-order valence-electron chi connectivity index (χ0n) is 14.2. The maximum absolute atomic E-state index is 12.8. The molecule has 6 nitrogen and oxygen atoms in total. The average Bonchev–Trinajstić information content (AvgIpc) is 3.35. The van der Waals surface area contributed by atoms with Crippen molar-refractivity contribution in [3.63, 3.8) is 0 Å².